The molecule has 4 heteroatoms. The summed E-state index contributed by atoms with van der Waals surface area (Å²) in [4.78, 5) is 13.2. The van der Waals surface area contributed by atoms with E-state index in [2.05, 4.69) is 22.9 Å². The Morgan fingerprint density at radius 3 is 2.62 bits per heavy atom. The van der Waals surface area contributed by atoms with Crippen molar-refractivity contribution in [2.24, 2.45) is 0 Å². The molecule has 1 N–H and O–H groups in total. The standard InChI is InChI=1S/C9H18BrNO2/c1-2-3-6-11(7-8-12)9(13)4-5-10/h12H,2-8H2,1H3. The minimum absolute atomic E-state index is 0.0533. The first-order valence-corrected chi connectivity index (χ1v) is 5.83. The van der Waals surface area contributed by atoms with Gasteiger partial charge >= 0.3 is 0 Å². The topological polar surface area (TPSA) is 40.5 Å². The highest BCUT2D eigenvalue weighted by Gasteiger charge is 2.10. The van der Waals surface area contributed by atoms with E-state index in [-0.39, 0.29) is 12.5 Å². The van der Waals surface area contributed by atoms with Crippen molar-refractivity contribution >= 4 is 21.8 Å². The van der Waals surface area contributed by atoms with E-state index in [1.54, 1.807) is 4.90 Å². The molecule has 0 saturated carbocycles. The van der Waals surface area contributed by atoms with Crippen LogP contribution < -0.4 is 0 Å². The molecule has 0 unspecified atom stereocenters. The first-order valence-electron chi connectivity index (χ1n) is 4.70. The summed E-state index contributed by atoms with van der Waals surface area (Å²) >= 11 is 3.23. The lowest BCUT2D eigenvalue weighted by Crippen LogP contribution is -2.34. The molecule has 78 valence electrons. The Balaban J connectivity index is 3.83. The molecule has 1 amide bonds. The number of aliphatic hydroxyl groups excluding tert-OH is 1. The van der Waals surface area contributed by atoms with Gasteiger partial charge in [-0.15, -0.1) is 0 Å². The zero-order valence-electron chi connectivity index (χ0n) is 8.13. The van der Waals surface area contributed by atoms with Gasteiger partial charge in [0, 0.05) is 24.8 Å². The monoisotopic (exact) mass is 251 g/mol. The predicted molar refractivity (Wildman–Crippen MR) is 57.0 cm³/mol. The third-order valence-electron chi connectivity index (χ3n) is 1.81. The van der Waals surface area contributed by atoms with Crippen molar-refractivity contribution in [3.63, 3.8) is 0 Å². The average Bonchev–Trinajstić information content (AvgIpc) is 2.12. The van der Waals surface area contributed by atoms with Crippen LogP contribution in [0, 0.1) is 0 Å². The SMILES string of the molecule is CCCCN(CCO)C(=O)CCBr. The number of amides is 1. The highest BCUT2D eigenvalue weighted by molar-refractivity contribution is 9.09. The van der Waals surface area contributed by atoms with E-state index in [0.717, 1.165) is 19.4 Å². The largest absolute Gasteiger partial charge is 0.395 e. The lowest BCUT2D eigenvalue weighted by atomic mass is 10.3. The Morgan fingerprint density at radius 2 is 2.15 bits per heavy atom. The van der Waals surface area contributed by atoms with E-state index >= 15 is 0 Å². The first kappa shape index (κ1) is 12.9. The highest BCUT2D eigenvalue weighted by Crippen LogP contribution is 2.00. The zero-order valence-corrected chi connectivity index (χ0v) is 9.72. The van der Waals surface area contributed by atoms with Gasteiger partial charge in [-0.2, -0.15) is 0 Å². The molecule has 0 rings (SSSR count). The minimum atomic E-state index is 0.0533. The summed E-state index contributed by atoms with van der Waals surface area (Å²) in [7, 11) is 0. The molecule has 0 aliphatic carbocycles. The van der Waals surface area contributed by atoms with Crippen LogP contribution in [0.15, 0.2) is 0 Å². The van der Waals surface area contributed by atoms with Gasteiger partial charge in [-0.25, -0.2) is 0 Å². The van der Waals surface area contributed by atoms with E-state index in [4.69, 9.17) is 5.11 Å². The molecule has 0 aromatic rings. The summed E-state index contributed by atoms with van der Waals surface area (Å²) < 4.78 is 0. The summed E-state index contributed by atoms with van der Waals surface area (Å²) in [5.41, 5.74) is 0. The molecule has 13 heavy (non-hydrogen) atoms. The number of carbonyl (C=O) groups excluding carboxylic acids is 1. The summed E-state index contributed by atoms with van der Waals surface area (Å²) in [5.74, 6) is 0.124. The average molecular weight is 252 g/mol. The molecule has 0 atom stereocenters. The summed E-state index contributed by atoms with van der Waals surface area (Å²) in [6, 6.07) is 0. The van der Waals surface area contributed by atoms with Gasteiger partial charge in [-0.1, -0.05) is 29.3 Å². The van der Waals surface area contributed by atoms with Crippen LogP contribution in [0.3, 0.4) is 0 Å². The van der Waals surface area contributed by atoms with Crippen LogP contribution in [0.5, 0.6) is 0 Å². The van der Waals surface area contributed by atoms with Crippen molar-refractivity contribution < 1.29 is 9.90 Å². The smallest absolute Gasteiger partial charge is 0.223 e. The third kappa shape index (κ3) is 6.05. The van der Waals surface area contributed by atoms with Crippen LogP contribution >= 0.6 is 15.9 Å². The van der Waals surface area contributed by atoms with Crippen molar-refractivity contribution in [2.75, 3.05) is 25.0 Å². The molecule has 0 aromatic carbocycles. The number of nitrogens with zero attached hydrogens (tertiary/aromatic N) is 1. The van der Waals surface area contributed by atoms with Gasteiger partial charge in [0.05, 0.1) is 6.61 Å². The molecule has 0 heterocycles. The van der Waals surface area contributed by atoms with E-state index in [0.29, 0.717) is 18.3 Å². The van der Waals surface area contributed by atoms with Crippen LogP contribution in [0.4, 0.5) is 0 Å². The van der Waals surface area contributed by atoms with Crippen molar-refractivity contribution in [2.45, 2.75) is 26.2 Å². The maximum absolute atomic E-state index is 11.4. The fourth-order valence-corrected chi connectivity index (χ4v) is 1.41. The number of unbranched alkanes of at least 4 members (excludes halogenated alkanes) is 1. The fraction of sp³-hybridized carbons (Fsp3) is 0.889. The molecule has 3 nitrogen and oxygen atoms in total. The van der Waals surface area contributed by atoms with Gasteiger partial charge in [-0.05, 0) is 6.42 Å². The molecule has 0 spiro atoms. The second kappa shape index (κ2) is 8.51. The van der Waals surface area contributed by atoms with Gasteiger partial charge in [-0.3, -0.25) is 4.79 Å². The molecular weight excluding hydrogens is 234 g/mol. The number of carbonyl (C=O) groups is 1. The van der Waals surface area contributed by atoms with Crippen LogP contribution in [-0.2, 0) is 4.79 Å². The Labute approximate surface area is 88.2 Å². The van der Waals surface area contributed by atoms with Gasteiger partial charge in [0.15, 0.2) is 0 Å². The van der Waals surface area contributed by atoms with Gasteiger partial charge in [0.25, 0.3) is 0 Å². The Bertz CT molecular complexity index is 142. The number of halogens is 1. The molecule has 0 fully saturated rings. The van der Waals surface area contributed by atoms with Crippen molar-refractivity contribution in [3.8, 4) is 0 Å². The Kier molecular flexibility index (Phi) is 8.45. The Hall–Kier alpha value is -0.0900. The van der Waals surface area contributed by atoms with Gasteiger partial charge < -0.3 is 10.0 Å². The summed E-state index contributed by atoms with van der Waals surface area (Å²) in [6.07, 6.45) is 2.60. The van der Waals surface area contributed by atoms with Crippen molar-refractivity contribution in [3.05, 3.63) is 0 Å². The van der Waals surface area contributed by atoms with E-state index < -0.39 is 0 Å². The highest BCUT2D eigenvalue weighted by atomic mass is 79.9. The van der Waals surface area contributed by atoms with E-state index in [9.17, 15) is 4.79 Å². The molecular formula is C9H18BrNO2. The third-order valence-corrected chi connectivity index (χ3v) is 2.21. The van der Waals surface area contributed by atoms with Crippen LogP contribution in [0.25, 0.3) is 0 Å². The number of aliphatic hydroxyl groups is 1. The summed E-state index contributed by atoms with van der Waals surface area (Å²) in [5, 5.41) is 9.44. The fourth-order valence-electron chi connectivity index (χ4n) is 1.07. The van der Waals surface area contributed by atoms with Crippen LogP contribution in [-0.4, -0.2) is 40.9 Å². The maximum Gasteiger partial charge on any atom is 0.223 e. The quantitative estimate of drug-likeness (QED) is 0.695. The molecule has 0 radical (unpaired) electrons. The van der Waals surface area contributed by atoms with Crippen LogP contribution in [0.2, 0.25) is 0 Å². The second-order valence-corrected chi connectivity index (χ2v) is 3.69. The predicted octanol–water partition coefficient (Wildman–Crippen LogP) is 1.39. The number of hydrogen-bond acceptors (Lipinski definition) is 2. The van der Waals surface area contributed by atoms with Crippen molar-refractivity contribution in [1.82, 2.24) is 4.90 Å². The zero-order chi connectivity index (χ0) is 10.1. The van der Waals surface area contributed by atoms with E-state index in [1.165, 1.54) is 0 Å². The van der Waals surface area contributed by atoms with Gasteiger partial charge in [0.1, 0.15) is 0 Å². The van der Waals surface area contributed by atoms with Crippen LogP contribution in [0.1, 0.15) is 26.2 Å². The normalized spacial score (nSPS) is 10.1. The number of rotatable bonds is 7. The Morgan fingerprint density at radius 1 is 1.46 bits per heavy atom. The molecule has 0 aliphatic rings. The molecule has 0 saturated heterocycles. The maximum atomic E-state index is 11.4. The van der Waals surface area contributed by atoms with E-state index in [1.807, 2.05) is 0 Å². The minimum Gasteiger partial charge on any atom is -0.395 e. The molecule has 0 aromatic heterocycles. The van der Waals surface area contributed by atoms with Gasteiger partial charge in [0.2, 0.25) is 5.91 Å². The molecule has 0 aliphatic heterocycles. The first-order chi connectivity index (χ1) is 6.26. The summed E-state index contributed by atoms with van der Waals surface area (Å²) in [6.45, 7) is 3.37. The lowest BCUT2D eigenvalue weighted by molar-refractivity contribution is -0.131. The van der Waals surface area contributed by atoms with Crippen molar-refractivity contribution in [1.29, 1.82) is 0 Å². The molecule has 0 bridgehead atoms. The lowest BCUT2D eigenvalue weighted by Gasteiger charge is -2.20. The number of hydrogen-bond donors (Lipinski definition) is 1. The number of alkyl halides is 1. The second-order valence-electron chi connectivity index (χ2n) is 2.90.